The van der Waals surface area contributed by atoms with Crippen molar-refractivity contribution in [3.8, 4) is 0 Å². The van der Waals surface area contributed by atoms with Crippen LogP contribution < -0.4 is 11.3 Å². The van der Waals surface area contributed by atoms with Crippen molar-refractivity contribution in [3.63, 3.8) is 0 Å². The summed E-state index contributed by atoms with van der Waals surface area (Å²) < 4.78 is 5.29. The van der Waals surface area contributed by atoms with E-state index in [4.69, 9.17) is 10.6 Å². The van der Waals surface area contributed by atoms with Gasteiger partial charge in [-0.1, -0.05) is 30.3 Å². The first-order valence-electron chi connectivity index (χ1n) is 6.80. The Morgan fingerprint density at radius 3 is 2.67 bits per heavy atom. The van der Waals surface area contributed by atoms with E-state index in [-0.39, 0.29) is 0 Å². The van der Waals surface area contributed by atoms with Gasteiger partial charge in [0.1, 0.15) is 0 Å². The van der Waals surface area contributed by atoms with Crippen LogP contribution in [0, 0.1) is 5.92 Å². The SMILES string of the molecule is COC(C)CCC(NN)C1CC1c1ccccc1. The van der Waals surface area contributed by atoms with Gasteiger partial charge in [0, 0.05) is 13.2 Å². The van der Waals surface area contributed by atoms with E-state index >= 15 is 0 Å². The third kappa shape index (κ3) is 3.31. The molecule has 3 N–H and O–H groups in total. The quantitative estimate of drug-likeness (QED) is 0.575. The molecule has 1 aromatic rings. The Bertz CT molecular complexity index is 355. The molecule has 0 amide bonds. The molecular weight excluding hydrogens is 224 g/mol. The van der Waals surface area contributed by atoms with Gasteiger partial charge in [-0.05, 0) is 43.6 Å². The van der Waals surface area contributed by atoms with E-state index in [1.807, 2.05) is 0 Å². The van der Waals surface area contributed by atoms with Gasteiger partial charge < -0.3 is 4.74 Å². The van der Waals surface area contributed by atoms with Gasteiger partial charge in [0.25, 0.3) is 0 Å². The van der Waals surface area contributed by atoms with Crippen molar-refractivity contribution < 1.29 is 4.74 Å². The molecule has 18 heavy (non-hydrogen) atoms. The number of ether oxygens (including phenoxy) is 1. The number of hydrazine groups is 1. The molecule has 0 heterocycles. The van der Waals surface area contributed by atoms with Crippen molar-refractivity contribution in [2.24, 2.45) is 11.8 Å². The minimum absolute atomic E-state index is 0.315. The van der Waals surface area contributed by atoms with Crippen molar-refractivity contribution >= 4 is 0 Å². The van der Waals surface area contributed by atoms with Crippen LogP contribution in [0.15, 0.2) is 30.3 Å². The Kier molecular flexibility index (Phi) is 4.75. The molecule has 3 heteroatoms. The number of nitrogens with two attached hydrogens (primary N) is 1. The average Bonchev–Trinajstić information content (AvgIpc) is 3.20. The summed E-state index contributed by atoms with van der Waals surface area (Å²) in [6.07, 6.45) is 3.71. The Hall–Kier alpha value is -0.900. The van der Waals surface area contributed by atoms with Gasteiger partial charge in [0.05, 0.1) is 6.10 Å². The Balaban J connectivity index is 1.84. The highest BCUT2D eigenvalue weighted by Gasteiger charge is 2.43. The van der Waals surface area contributed by atoms with E-state index in [1.54, 1.807) is 7.11 Å². The van der Waals surface area contributed by atoms with Crippen molar-refractivity contribution in [2.45, 2.75) is 44.2 Å². The van der Waals surface area contributed by atoms with Crippen LogP contribution in [0.4, 0.5) is 0 Å². The average molecular weight is 248 g/mol. The van der Waals surface area contributed by atoms with Gasteiger partial charge in [-0.15, -0.1) is 0 Å². The fourth-order valence-electron chi connectivity index (χ4n) is 2.70. The number of rotatable bonds is 7. The molecule has 0 saturated heterocycles. The molecule has 1 aromatic carbocycles. The van der Waals surface area contributed by atoms with Gasteiger partial charge in [-0.3, -0.25) is 11.3 Å². The predicted octanol–water partition coefficient (Wildman–Crippen LogP) is 2.44. The maximum absolute atomic E-state index is 5.69. The second-order valence-corrected chi connectivity index (χ2v) is 5.31. The zero-order valence-electron chi connectivity index (χ0n) is 11.3. The maximum Gasteiger partial charge on any atom is 0.0543 e. The van der Waals surface area contributed by atoms with Crippen LogP contribution in [0.1, 0.15) is 37.7 Å². The summed E-state index contributed by atoms with van der Waals surface area (Å²) in [5, 5.41) is 0. The van der Waals surface area contributed by atoms with Crippen LogP contribution in [0.2, 0.25) is 0 Å². The summed E-state index contributed by atoms with van der Waals surface area (Å²) >= 11 is 0. The van der Waals surface area contributed by atoms with Gasteiger partial charge in [0.2, 0.25) is 0 Å². The largest absolute Gasteiger partial charge is 0.382 e. The van der Waals surface area contributed by atoms with Gasteiger partial charge >= 0.3 is 0 Å². The Labute approximate surface area is 110 Å². The van der Waals surface area contributed by atoms with E-state index in [2.05, 4.69) is 42.7 Å². The van der Waals surface area contributed by atoms with E-state index < -0.39 is 0 Å². The van der Waals surface area contributed by atoms with Crippen molar-refractivity contribution in [3.05, 3.63) is 35.9 Å². The summed E-state index contributed by atoms with van der Waals surface area (Å²) in [5.41, 5.74) is 4.43. The first kappa shape index (κ1) is 13.5. The van der Waals surface area contributed by atoms with Crippen LogP contribution in [0.3, 0.4) is 0 Å². The zero-order valence-corrected chi connectivity index (χ0v) is 11.3. The maximum atomic E-state index is 5.69. The van der Waals surface area contributed by atoms with Crippen LogP contribution in [-0.4, -0.2) is 19.3 Å². The van der Waals surface area contributed by atoms with Gasteiger partial charge in [-0.2, -0.15) is 0 Å². The summed E-state index contributed by atoms with van der Waals surface area (Å²) in [7, 11) is 1.76. The monoisotopic (exact) mass is 248 g/mol. The molecule has 3 nitrogen and oxygen atoms in total. The summed E-state index contributed by atoms with van der Waals surface area (Å²) in [6, 6.07) is 11.1. The summed E-state index contributed by atoms with van der Waals surface area (Å²) in [5.74, 6) is 7.06. The standard InChI is InChI=1S/C15H24N2O/c1-11(18-2)8-9-15(17-16)14-10-13(14)12-6-4-3-5-7-12/h3-7,11,13-15,17H,8-10,16H2,1-2H3. The zero-order chi connectivity index (χ0) is 13.0. The minimum atomic E-state index is 0.315. The van der Waals surface area contributed by atoms with Crippen molar-refractivity contribution in [2.75, 3.05) is 7.11 Å². The Morgan fingerprint density at radius 2 is 2.06 bits per heavy atom. The lowest BCUT2D eigenvalue weighted by Crippen LogP contribution is -2.37. The molecule has 4 unspecified atom stereocenters. The molecule has 1 aliphatic rings. The lowest BCUT2D eigenvalue weighted by Gasteiger charge is -2.18. The molecule has 2 rings (SSSR count). The fourth-order valence-corrected chi connectivity index (χ4v) is 2.70. The van der Waals surface area contributed by atoms with Crippen LogP contribution in [0.5, 0.6) is 0 Å². The lowest BCUT2D eigenvalue weighted by atomic mass is 10.0. The normalized spacial score (nSPS) is 25.7. The lowest BCUT2D eigenvalue weighted by molar-refractivity contribution is 0.105. The fraction of sp³-hybridized carbons (Fsp3) is 0.600. The molecular formula is C15H24N2O. The molecule has 1 saturated carbocycles. The molecule has 1 aliphatic carbocycles. The second kappa shape index (κ2) is 6.32. The minimum Gasteiger partial charge on any atom is -0.382 e. The number of benzene rings is 1. The molecule has 0 aromatic heterocycles. The van der Waals surface area contributed by atoms with Gasteiger partial charge in [-0.25, -0.2) is 0 Å². The molecule has 1 fully saturated rings. The predicted molar refractivity (Wildman–Crippen MR) is 74.1 cm³/mol. The summed E-state index contributed by atoms with van der Waals surface area (Å²) in [6.45, 7) is 2.11. The molecule has 0 spiro atoms. The number of methoxy groups -OCH3 is 1. The van der Waals surface area contributed by atoms with Crippen LogP contribution >= 0.6 is 0 Å². The first-order chi connectivity index (χ1) is 8.76. The number of hydrogen-bond donors (Lipinski definition) is 2. The number of hydrogen-bond acceptors (Lipinski definition) is 3. The van der Waals surface area contributed by atoms with E-state index in [1.165, 1.54) is 12.0 Å². The van der Waals surface area contributed by atoms with Crippen LogP contribution in [-0.2, 0) is 4.74 Å². The highest BCUT2D eigenvalue weighted by atomic mass is 16.5. The van der Waals surface area contributed by atoms with E-state index in [0.717, 1.165) is 12.8 Å². The molecule has 0 bridgehead atoms. The molecule has 4 atom stereocenters. The Morgan fingerprint density at radius 1 is 1.33 bits per heavy atom. The third-order valence-electron chi connectivity index (χ3n) is 4.08. The van der Waals surface area contributed by atoms with Crippen molar-refractivity contribution in [1.29, 1.82) is 0 Å². The molecule has 100 valence electrons. The third-order valence-corrected chi connectivity index (χ3v) is 4.08. The number of nitrogens with one attached hydrogen (secondary N) is 1. The summed E-state index contributed by atoms with van der Waals surface area (Å²) in [4.78, 5) is 0. The topological polar surface area (TPSA) is 47.3 Å². The smallest absolute Gasteiger partial charge is 0.0543 e. The van der Waals surface area contributed by atoms with E-state index in [9.17, 15) is 0 Å². The highest BCUT2D eigenvalue weighted by molar-refractivity contribution is 5.26. The van der Waals surface area contributed by atoms with Crippen LogP contribution in [0.25, 0.3) is 0 Å². The second-order valence-electron chi connectivity index (χ2n) is 5.31. The molecule has 0 radical (unpaired) electrons. The first-order valence-corrected chi connectivity index (χ1v) is 6.80. The van der Waals surface area contributed by atoms with E-state index in [0.29, 0.717) is 24.0 Å². The molecule has 0 aliphatic heterocycles. The van der Waals surface area contributed by atoms with Crippen molar-refractivity contribution in [1.82, 2.24) is 5.43 Å². The highest BCUT2D eigenvalue weighted by Crippen LogP contribution is 2.50. The van der Waals surface area contributed by atoms with Gasteiger partial charge in [0.15, 0.2) is 0 Å².